The van der Waals surface area contributed by atoms with Crippen molar-refractivity contribution in [3.05, 3.63) is 40.2 Å². The third kappa shape index (κ3) is 3.17. The van der Waals surface area contributed by atoms with E-state index in [1.54, 1.807) is 19.1 Å². The molecule has 0 aliphatic heterocycles. The fraction of sp³-hybridized carbons (Fsp3) is 0.200. The molecule has 0 fully saturated rings. The molecule has 0 amide bonds. The van der Waals surface area contributed by atoms with Crippen LogP contribution in [-0.4, -0.2) is 11.7 Å². The van der Waals surface area contributed by atoms with E-state index in [9.17, 15) is 4.39 Å². The first-order valence-corrected chi connectivity index (χ1v) is 4.24. The Morgan fingerprint density at radius 3 is 2.77 bits per heavy atom. The Hall–Kier alpha value is -0.860. The van der Waals surface area contributed by atoms with Crippen LogP contribution in [0.3, 0.4) is 0 Å². The Morgan fingerprint density at radius 1 is 1.54 bits per heavy atom. The van der Waals surface area contributed by atoms with Crippen LogP contribution in [0, 0.1) is 5.82 Å². The van der Waals surface area contributed by atoms with Gasteiger partial charge in [0.25, 0.3) is 0 Å². The first-order chi connectivity index (χ1) is 6.11. The molecule has 0 atom stereocenters. The molecular formula is C10H10ClFO. The third-order valence-corrected chi connectivity index (χ3v) is 1.77. The molecule has 0 saturated heterocycles. The van der Waals surface area contributed by atoms with E-state index in [0.29, 0.717) is 10.6 Å². The van der Waals surface area contributed by atoms with E-state index in [1.807, 2.05) is 0 Å². The number of rotatable bonds is 2. The van der Waals surface area contributed by atoms with Gasteiger partial charge in [0.05, 0.1) is 6.61 Å². The van der Waals surface area contributed by atoms with Gasteiger partial charge in [-0.25, -0.2) is 4.39 Å². The highest BCUT2D eigenvalue weighted by atomic mass is 35.5. The third-order valence-electron chi connectivity index (χ3n) is 1.55. The molecule has 0 saturated carbocycles. The molecule has 1 nitrogen and oxygen atoms in total. The summed E-state index contributed by atoms with van der Waals surface area (Å²) in [5.41, 5.74) is 1.43. The molecule has 0 radical (unpaired) electrons. The minimum Gasteiger partial charge on any atom is -0.392 e. The van der Waals surface area contributed by atoms with Crippen LogP contribution in [0.2, 0.25) is 5.02 Å². The number of hydrogen-bond donors (Lipinski definition) is 1. The van der Waals surface area contributed by atoms with Crippen LogP contribution in [0.25, 0.3) is 6.08 Å². The molecular weight excluding hydrogens is 191 g/mol. The van der Waals surface area contributed by atoms with E-state index in [4.69, 9.17) is 16.7 Å². The first-order valence-electron chi connectivity index (χ1n) is 3.86. The molecule has 0 aromatic heterocycles. The second kappa shape index (κ2) is 4.40. The van der Waals surface area contributed by atoms with Crippen molar-refractivity contribution in [3.8, 4) is 0 Å². The fourth-order valence-corrected chi connectivity index (χ4v) is 1.22. The highest BCUT2D eigenvalue weighted by Crippen LogP contribution is 2.16. The standard InChI is InChI=1S/C10H10ClFO/c1-7(6-13)2-8-3-9(11)5-10(12)4-8/h2-5,13H,6H2,1H3/b7-2-. The zero-order valence-electron chi connectivity index (χ0n) is 7.22. The molecule has 70 valence electrons. The monoisotopic (exact) mass is 200 g/mol. The van der Waals surface area contributed by atoms with E-state index in [-0.39, 0.29) is 12.4 Å². The van der Waals surface area contributed by atoms with Crippen molar-refractivity contribution >= 4 is 17.7 Å². The van der Waals surface area contributed by atoms with E-state index in [1.165, 1.54) is 12.1 Å². The smallest absolute Gasteiger partial charge is 0.125 e. The van der Waals surface area contributed by atoms with Gasteiger partial charge in [0.15, 0.2) is 0 Å². The lowest BCUT2D eigenvalue weighted by Gasteiger charge is -1.98. The van der Waals surface area contributed by atoms with Gasteiger partial charge in [0.1, 0.15) is 5.82 Å². The van der Waals surface area contributed by atoms with Gasteiger partial charge < -0.3 is 5.11 Å². The van der Waals surface area contributed by atoms with Crippen molar-refractivity contribution in [2.45, 2.75) is 6.92 Å². The molecule has 0 heterocycles. The van der Waals surface area contributed by atoms with Crippen molar-refractivity contribution in [2.24, 2.45) is 0 Å². The Bertz CT molecular complexity index is 313. The molecule has 0 aliphatic rings. The van der Waals surface area contributed by atoms with Crippen LogP contribution in [-0.2, 0) is 0 Å². The fourth-order valence-electron chi connectivity index (χ4n) is 0.989. The lowest BCUT2D eigenvalue weighted by Crippen LogP contribution is -1.84. The van der Waals surface area contributed by atoms with Crippen molar-refractivity contribution < 1.29 is 9.50 Å². The number of aliphatic hydroxyl groups excluding tert-OH is 1. The molecule has 1 N–H and O–H groups in total. The summed E-state index contributed by atoms with van der Waals surface area (Å²) in [6.45, 7) is 1.73. The van der Waals surface area contributed by atoms with E-state index >= 15 is 0 Å². The summed E-state index contributed by atoms with van der Waals surface area (Å²) in [6.07, 6.45) is 1.69. The maximum atomic E-state index is 12.8. The van der Waals surface area contributed by atoms with E-state index < -0.39 is 0 Å². The average molecular weight is 201 g/mol. The first kappa shape index (κ1) is 10.2. The predicted molar refractivity (Wildman–Crippen MR) is 52.1 cm³/mol. The normalized spacial score (nSPS) is 11.8. The van der Waals surface area contributed by atoms with Gasteiger partial charge in [-0.3, -0.25) is 0 Å². The summed E-state index contributed by atoms with van der Waals surface area (Å²) < 4.78 is 12.8. The summed E-state index contributed by atoms with van der Waals surface area (Å²) in [6, 6.07) is 4.25. The number of aliphatic hydroxyl groups is 1. The van der Waals surface area contributed by atoms with Gasteiger partial charge in [-0.05, 0) is 36.3 Å². The van der Waals surface area contributed by atoms with Crippen molar-refractivity contribution in [1.29, 1.82) is 0 Å². The summed E-state index contributed by atoms with van der Waals surface area (Å²) in [7, 11) is 0. The van der Waals surface area contributed by atoms with E-state index in [2.05, 4.69) is 0 Å². The maximum absolute atomic E-state index is 12.8. The summed E-state index contributed by atoms with van der Waals surface area (Å²) in [4.78, 5) is 0. The van der Waals surface area contributed by atoms with Crippen LogP contribution in [0.4, 0.5) is 4.39 Å². The van der Waals surface area contributed by atoms with Crippen molar-refractivity contribution in [2.75, 3.05) is 6.61 Å². The van der Waals surface area contributed by atoms with Gasteiger partial charge >= 0.3 is 0 Å². The SMILES string of the molecule is C/C(=C/c1cc(F)cc(Cl)c1)CO. The molecule has 0 unspecified atom stereocenters. The van der Waals surface area contributed by atoms with Gasteiger partial charge in [-0.15, -0.1) is 0 Å². The van der Waals surface area contributed by atoms with Gasteiger partial charge in [0, 0.05) is 5.02 Å². The molecule has 3 heteroatoms. The number of halogens is 2. The second-order valence-electron chi connectivity index (χ2n) is 2.85. The molecule has 0 bridgehead atoms. The van der Waals surface area contributed by atoms with Gasteiger partial charge in [-0.1, -0.05) is 17.7 Å². The van der Waals surface area contributed by atoms with Gasteiger partial charge in [0.2, 0.25) is 0 Å². The Labute approximate surface area is 81.5 Å². The highest BCUT2D eigenvalue weighted by Gasteiger charge is 1.96. The van der Waals surface area contributed by atoms with Crippen LogP contribution < -0.4 is 0 Å². The zero-order chi connectivity index (χ0) is 9.84. The van der Waals surface area contributed by atoms with Crippen LogP contribution in [0.1, 0.15) is 12.5 Å². The zero-order valence-corrected chi connectivity index (χ0v) is 7.98. The summed E-state index contributed by atoms with van der Waals surface area (Å²) in [5.74, 6) is -0.371. The van der Waals surface area contributed by atoms with Gasteiger partial charge in [-0.2, -0.15) is 0 Å². The molecule has 0 spiro atoms. The number of benzene rings is 1. The maximum Gasteiger partial charge on any atom is 0.125 e. The summed E-state index contributed by atoms with van der Waals surface area (Å²) >= 11 is 5.65. The minimum atomic E-state index is -0.371. The Morgan fingerprint density at radius 2 is 2.23 bits per heavy atom. The van der Waals surface area contributed by atoms with Crippen LogP contribution >= 0.6 is 11.6 Å². The lowest BCUT2D eigenvalue weighted by atomic mass is 10.1. The van der Waals surface area contributed by atoms with Crippen molar-refractivity contribution in [3.63, 3.8) is 0 Å². The molecule has 13 heavy (non-hydrogen) atoms. The average Bonchev–Trinajstić information content (AvgIpc) is 2.02. The Balaban J connectivity index is 3.02. The quantitative estimate of drug-likeness (QED) is 0.779. The molecule has 1 rings (SSSR count). The van der Waals surface area contributed by atoms with Crippen LogP contribution in [0.5, 0.6) is 0 Å². The second-order valence-corrected chi connectivity index (χ2v) is 3.29. The predicted octanol–water partition coefficient (Wildman–Crippen LogP) is 2.87. The van der Waals surface area contributed by atoms with Crippen molar-refractivity contribution in [1.82, 2.24) is 0 Å². The van der Waals surface area contributed by atoms with E-state index in [0.717, 1.165) is 5.57 Å². The minimum absolute atomic E-state index is 0.0336. The molecule has 0 aliphatic carbocycles. The lowest BCUT2D eigenvalue weighted by molar-refractivity contribution is 0.332. The summed E-state index contributed by atoms with van der Waals surface area (Å²) in [5, 5.41) is 9.10. The highest BCUT2D eigenvalue weighted by molar-refractivity contribution is 6.30. The molecule has 1 aromatic rings. The number of hydrogen-bond acceptors (Lipinski definition) is 1. The van der Waals surface area contributed by atoms with Crippen LogP contribution in [0.15, 0.2) is 23.8 Å². The topological polar surface area (TPSA) is 20.2 Å². The largest absolute Gasteiger partial charge is 0.392 e. The Kier molecular flexibility index (Phi) is 3.46. The molecule has 1 aromatic carbocycles.